The Labute approximate surface area is 222 Å². The van der Waals surface area contributed by atoms with Crippen molar-refractivity contribution in [2.75, 3.05) is 0 Å². The number of hydrogen-bond donors (Lipinski definition) is 0. The van der Waals surface area contributed by atoms with Crippen molar-refractivity contribution in [2.24, 2.45) is 0 Å². The fraction of sp³-hybridized carbons (Fsp3) is 0.357. The van der Waals surface area contributed by atoms with Crippen molar-refractivity contribution in [2.45, 2.75) is 83.8 Å². The highest BCUT2D eigenvalue weighted by Crippen LogP contribution is 2.34. The van der Waals surface area contributed by atoms with Crippen molar-refractivity contribution in [1.82, 2.24) is 0 Å². The lowest BCUT2D eigenvalue weighted by Crippen LogP contribution is -2.15. The maximum absolute atomic E-state index is 11.9. The van der Waals surface area contributed by atoms with E-state index >= 15 is 0 Å². The van der Waals surface area contributed by atoms with Gasteiger partial charge >= 0.3 is 11.9 Å². The van der Waals surface area contributed by atoms with Gasteiger partial charge in [0.1, 0.15) is 0 Å². The molecule has 4 nitrogen and oxygen atoms in total. The predicted molar refractivity (Wildman–Crippen MR) is 148 cm³/mol. The first-order valence-corrected chi connectivity index (χ1v) is 14.2. The molecule has 0 aliphatic heterocycles. The van der Waals surface area contributed by atoms with Gasteiger partial charge in [0.2, 0.25) is 0 Å². The van der Waals surface area contributed by atoms with Crippen LogP contribution in [0.5, 0.6) is 0 Å². The quantitative estimate of drug-likeness (QED) is 0.105. The summed E-state index contributed by atoms with van der Waals surface area (Å²) in [6, 6.07) is 16.5. The van der Waals surface area contributed by atoms with Gasteiger partial charge in [-0.25, -0.2) is 9.59 Å². The van der Waals surface area contributed by atoms with E-state index in [4.69, 9.17) is 9.47 Å². The molecule has 0 aliphatic rings. The van der Waals surface area contributed by atoms with Gasteiger partial charge in [-0.15, -0.1) is 0 Å². The Morgan fingerprint density at radius 1 is 0.686 bits per heavy atom. The van der Waals surface area contributed by atoms with Crippen LogP contribution in [0, 0.1) is 0 Å². The molecule has 0 heterocycles. The second kappa shape index (κ2) is 15.1. The predicted octanol–water partition coefficient (Wildman–Crippen LogP) is 8.51. The molecule has 0 fully saturated rings. The molecular weight excluding hydrogens is 497 g/mol. The highest BCUT2D eigenvalue weighted by atomic mass is 32.2. The van der Waals surface area contributed by atoms with Crippen LogP contribution in [0.1, 0.15) is 53.4 Å². The van der Waals surface area contributed by atoms with Gasteiger partial charge in [0.25, 0.3) is 0 Å². The fourth-order valence-corrected chi connectivity index (χ4v) is 5.80. The molecule has 188 valence electrons. The number of ether oxygens (including phenoxy) is 2. The molecule has 0 N–H and O–H groups in total. The SMILES string of the molecule is C=C(C)C(=O)OC(CCC)Sc1ccc(Sc2ccc(SC(CCC)OC(=O)C(=C)C)cc2)cc1. The van der Waals surface area contributed by atoms with Gasteiger partial charge in [-0.05, 0) is 75.2 Å². The van der Waals surface area contributed by atoms with Crippen LogP contribution in [0.2, 0.25) is 0 Å². The summed E-state index contributed by atoms with van der Waals surface area (Å²) in [5, 5.41) is 0. The van der Waals surface area contributed by atoms with Crippen molar-refractivity contribution >= 4 is 47.2 Å². The summed E-state index contributed by atoms with van der Waals surface area (Å²) in [4.78, 5) is 28.2. The van der Waals surface area contributed by atoms with Gasteiger partial charge in [0, 0.05) is 30.7 Å². The number of carbonyl (C=O) groups excluding carboxylic acids is 2. The van der Waals surface area contributed by atoms with E-state index in [1.807, 2.05) is 0 Å². The van der Waals surface area contributed by atoms with Gasteiger partial charge in [-0.3, -0.25) is 0 Å². The average Bonchev–Trinajstić information content (AvgIpc) is 2.81. The summed E-state index contributed by atoms with van der Waals surface area (Å²) in [6.07, 6.45) is 3.43. The lowest BCUT2D eigenvalue weighted by molar-refractivity contribution is -0.141. The molecule has 0 amide bonds. The standard InChI is InChI=1S/C28H34O4S3/c1-7-9-25(31-27(29)19(3)4)34-23-15-11-21(12-16-23)33-22-13-17-24(18-14-22)35-26(10-8-2)32-28(30)20(5)6/h11-18,25-26H,3,5,7-10H2,1-2,4,6H3. The van der Waals surface area contributed by atoms with Crippen molar-refractivity contribution in [3.05, 3.63) is 72.8 Å². The Hall–Kier alpha value is -2.09. The van der Waals surface area contributed by atoms with Crippen molar-refractivity contribution in [3.8, 4) is 0 Å². The summed E-state index contributed by atoms with van der Waals surface area (Å²) < 4.78 is 11.1. The van der Waals surface area contributed by atoms with Gasteiger partial charge < -0.3 is 9.47 Å². The molecular formula is C28H34O4S3. The summed E-state index contributed by atoms with van der Waals surface area (Å²) in [6.45, 7) is 14.8. The smallest absolute Gasteiger partial charge is 0.334 e. The van der Waals surface area contributed by atoms with Crippen LogP contribution in [0.15, 0.2) is 92.4 Å². The third kappa shape index (κ3) is 10.6. The highest BCUT2D eigenvalue weighted by Gasteiger charge is 2.17. The molecule has 0 radical (unpaired) electrons. The third-order valence-electron chi connectivity index (χ3n) is 4.64. The molecule has 2 aromatic carbocycles. The van der Waals surface area contributed by atoms with Crippen LogP contribution < -0.4 is 0 Å². The van der Waals surface area contributed by atoms with Gasteiger partial charge in [0.05, 0.1) is 0 Å². The number of hydrogen-bond acceptors (Lipinski definition) is 7. The molecule has 0 aliphatic carbocycles. The van der Waals surface area contributed by atoms with E-state index in [0.29, 0.717) is 11.1 Å². The zero-order chi connectivity index (χ0) is 25.8. The van der Waals surface area contributed by atoms with Gasteiger partial charge in [-0.1, -0.05) is 75.1 Å². The van der Waals surface area contributed by atoms with Gasteiger partial charge in [-0.2, -0.15) is 0 Å². The molecule has 7 heteroatoms. The van der Waals surface area contributed by atoms with E-state index in [0.717, 1.165) is 45.3 Å². The van der Waals surface area contributed by atoms with Crippen LogP contribution in [0.3, 0.4) is 0 Å². The number of thioether (sulfide) groups is 2. The molecule has 0 spiro atoms. The molecule has 2 aromatic rings. The van der Waals surface area contributed by atoms with E-state index in [1.54, 1.807) is 49.1 Å². The summed E-state index contributed by atoms with van der Waals surface area (Å²) >= 11 is 4.79. The number of carbonyl (C=O) groups is 2. The van der Waals surface area contributed by atoms with E-state index < -0.39 is 0 Å². The van der Waals surface area contributed by atoms with Crippen molar-refractivity contribution < 1.29 is 19.1 Å². The van der Waals surface area contributed by atoms with Crippen LogP contribution in [0.4, 0.5) is 0 Å². The Bertz CT molecular complexity index is 918. The topological polar surface area (TPSA) is 52.6 Å². The van der Waals surface area contributed by atoms with Gasteiger partial charge in [0.15, 0.2) is 10.9 Å². The minimum Gasteiger partial charge on any atom is -0.448 e. The lowest BCUT2D eigenvalue weighted by atomic mass is 10.3. The Morgan fingerprint density at radius 2 is 1.00 bits per heavy atom. The van der Waals surface area contributed by atoms with Crippen LogP contribution in [0.25, 0.3) is 0 Å². The summed E-state index contributed by atoms with van der Waals surface area (Å²) in [5.74, 6) is -0.695. The number of rotatable bonds is 14. The molecule has 0 bridgehead atoms. The van der Waals surface area contributed by atoms with E-state index in [1.165, 1.54) is 0 Å². The summed E-state index contributed by atoms with van der Waals surface area (Å²) in [7, 11) is 0. The lowest BCUT2D eigenvalue weighted by Gasteiger charge is -2.17. The molecule has 2 atom stereocenters. The Morgan fingerprint density at radius 3 is 1.29 bits per heavy atom. The monoisotopic (exact) mass is 530 g/mol. The molecule has 2 unspecified atom stereocenters. The van der Waals surface area contributed by atoms with E-state index in [9.17, 15) is 9.59 Å². The van der Waals surface area contributed by atoms with Crippen LogP contribution >= 0.6 is 35.3 Å². The molecule has 2 rings (SSSR count). The first kappa shape index (κ1) is 29.1. The van der Waals surface area contributed by atoms with Crippen molar-refractivity contribution in [3.63, 3.8) is 0 Å². The average molecular weight is 531 g/mol. The second-order valence-corrected chi connectivity index (χ2v) is 11.7. The molecule has 35 heavy (non-hydrogen) atoms. The van der Waals surface area contributed by atoms with E-state index in [-0.39, 0.29) is 22.8 Å². The normalized spacial score (nSPS) is 12.5. The maximum atomic E-state index is 11.9. The minimum atomic E-state index is -0.347. The molecule has 0 saturated carbocycles. The number of esters is 2. The second-order valence-electron chi connectivity index (χ2n) is 8.09. The first-order chi connectivity index (χ1) is 16.7. The van der Waals surface area contributed by atoms with Crippen molar-refractivity contribution in [1.29, 1.82) is 0 Å². The number of benzene rings is 2. The summed E-state index contributed by atoms with van der Waals surface area (Å²) in [5.41, 5.74) is 0.381. The zero-order valence-corrected chi connectivity index (χ0v) is 23.3. The van der Waals surface area contributed by atoms with E-state index in [2.05, 4.69) is 75.5 Å². The fourth-order valence-electron chi connectivity index (χ4n) is 2.81. The Balaban J connectivity index is 1.96. The molecule has 0 saturated heterocycles. The zero-order valence-electron chi connectivity index (χ0n) is 20.9. The first-order valence-electron chi connectivity index (χ1n) is 11.7. The Kier molecular flexibility index (Phi) is 12.6. The van der Waals surface area contributed by atoms with Crippen LogP contribution in [-0.4, -0.2) is 22.8 Å². The van der Waals surface area contributed by atoms with Crippen LogP contribution in [-0.2, 0) is 19.1 Å². The maximum Gasteiger partial charge on any atom is 0.334 e. The molecule has 0 aromatic heterocycles. The minimum absolute atomic E-state index is 0.223. The largest absolute Gasteiger partial charge is 0.448 e. The highest BCUT2D eigenvalue weighted by molar-refractivity contribution is 8.00. The third-order valence-corrected chi connectivity index (χ3v) is 7.93.